The Hall–Kier alpha value is -2.18. The second-order valence-corrected chi connectivity index (χ2v) is 13.6. The monoisotopic (exact) mass is 614 g/mol. The van der Waals surface area contributed by atoms with Gasteiger partial charge in [-0.05, 0) is 44.3 Å². The fourth-order valence-electron chi connectivity index (χ4n) is 8.89. The van der Waals surface area contributed by atoms with Gasteiger partial charge in [0.15, 0.2) is 17.0 Å². The number of ketones is 1. The molecule has 3 aliphatic heterocycles. The van der Waals surface area contributed by atoms with Crippen LogP contribution in [0.4, 0.5) is 0 Å². The van der Waals surface area contributed by atoms with Gasteiger partial charge >= 0.3 is 11.9 Å². The Morgan fingerprint density at radius 1 is 1.14 bits per heavy atom. The topological polar surface area (TPSA) is 144 Å². The van der Waals surface area contributed by atoms with Crippen LogP contribution in [0.1, 0.15) is 73.1 Å². The molecule has 0 aromatic carbocycles. The van der Waals surface area contributed by atoms with E-state index in [2.05, 4.69) is 19.6 Å². The molecule has 3 aliphatic carbocycles. The van der Waals surface area contributed by atoms with Crippen molar-refractivity contribution in [3.05, 3.63) is 48.1 Å². The van der Waals surface area contributed by atoms with Crippen molar-refractivity contribution in [2.24, 2.45) is 17.8 Å². The van der Waals surface area contributed by atoms with Gasteiger partial charge in [-0.25, -0.2) is 0 Å². The van der Waals surface area contributed by atoms with Gasteiger partial charge in [-0.3, -0.25) is 9.59 Å². The third-order valence-electron chi connectivity index (χ3n) is 11.0. The highest BCUT2D eigenvalue weighted by Crippen LogP contribution is 2.73. The van der Waals surface area contributed by atoms with Crippen molar-refractivity contribution < 1.29 is 48.6 Å². The fraction of sp³-hybridized carbons (Fsp3) is 0.706. The van der Waals surface area contributed by atoms with E-state index in [0.717, 1.165) is 25.7 Å². The number of ether oxygens (including phenoxy) is 5. The Labute approximate surface area is 258 Å². The van der Waals surface area contributed by atoms with Gasteiger partial charge in [-0.1, -0.05) is 64.5 Å². The van der Waals surface area contributed by atoms with Crippen LogP contribution in [0.15, 0.2) is 48.1 Å². The van der Waals surface area contributed by atoms with Gasteiger partial charge in [0.25, 0.3) is 0 Å². The number of hydrogen-bond donors (Lipinski definition) is 3. The quantitative estimate of drug-likeness (QED) is 0.104. The minimum absolute atomic E-state index is 0.176. The zero-order chi connectivity index (χ0) is 31.9. The Kier molecular flexibility index (Phi) is 7.72. The van der Waals surface area contributed by atoms with E-state index in [-0.39, 0.29) is 12.0 Å². The Bertz CT molecular complexity index is 1320. The van der Waals surface area contributed by atoms with E-state index in [9.17, 15) is 24.9 Å². The van der Waals surface area contributed by atoms with Crippen molar-refractivity contribution >= 4 is 11.8 Å². The molecule has 0 aromatic rings. The minimum Gasteiger partial charge on any atom is -0.458 e. The van der Waals surface area contributed by atoms with Crippen LogP contribution in [0.5, 0.6) is 0 Å². The number of allylic oxidation sites excluding steroid dienone is 3. The number of epoxide rings is 1. The van der Waals surface area contributed by atoms with Crippen LogP contribution >= 0.6 is 0 Å². The average Bonchev–Trinajstić information content (AvgIpc) is 3.61. The Morgan fingerprint density at radius 3 is 2.55 bits per heavy atom. The Morgan fingerprint density at radius 2 is 1.89 bits per heavy atom. The maximum absolute atomic E-state index is 13.7. The van der Waals surface area contributed by atoms with Crippen LogP contribution < -0.4 is 0 Å². The molecular weight excluding hydrogens is 568 g/mol. The molecule has 3 saturated heterocycles. The fourth-order valence-corrected chi connectivity index (χ4v) is 8.89. The summed E-state index contributed by atoms with van der Waals surface area (Å²) in [7, 11) is 0. The van der Waals surface area contributed by atoms with Crippen LogP contribution in [0, 0.1) is 17.8 Å². The predicted octanol–water partition coefficient (Wildman–Crippen LogP) is 3.19. The van der Waals surface area contributed by atoms with E-state index in [1.54, 1.807) is 32.1 Å². The van der Waals surface area contributed by atoms with Crippen molar-refractivity contribution in [3.8, 4) is 0 Å². The van der Waals surface area contributed by atoms with Gasteiger partial charge in [0.1, 0.15) is 30.0 Å². The van der Waals surface area contributed by atoms with E-state index >= 15 is 0 Å². The lowest BCUT2D eigenvalue weighted by Crippen LogP contribution is -2.76. The van der Waals surface area contributed by atoms with E-state index in [4.69, 9.17) is 23.7 Å². The molecule has 0 aromatic heterocycles. The number of Topliss-reactive ketones (excluding diaryl/α,β-unsaturated/α-hetero) is 1. The number of rotatable bonds is 11. The first-order chi connectivity index (χ1) is 20.9. The van der Waals surface area contributed by atoms with E-state index in [1.165, 1.54) is 0 Å². The molecule has 3 N–H and O–H groups in total. The zero-order valence-corrected chi connectivity index (χ0v) is 26.3. The summed E-state index contributed by atoms with van der Waals surface area (Å²) in [6, 6.07) is 0. The Balaban J connectivity index is 1.55. The summed E-state index contributed by atoms with van der Waals surface area (Å²) in [5, 5.41) is 34.7. The summed E-state index contributed by atoms with van der Waals surface area (Å²) in [4.78, 5) is 26.9. The number of esters is 1. The van der Waals surface area contributed by atoms with Crippen molar-refractivity contribution in [1.82, 2.24) is 0 Å². The number of aliphatic hydroxyl groups excluding tert-OH is 2. The van der Waals surface area contributed by atoms with Gasteiger partial charge in [0.2, 0.25) is 0 Å². The highest BCUT2D eigenvalue weighted by Gasteiger charge is 2.90. The first-order valence-corrected chi connectivity index (χ1v) is 16.1. The maximum Gasteiger partial charge on any atom is 0.307 e. The van der Waals surface area contributed by atoms with Gasteiger partial charge in [0.05, 0.1) is 12.2 Å². The van der Waals surface area contributed by atoms with Crippen LogP contribution in [-0.4, -0.2) is 86.5 Å². The van der Waals surface area contributed by atoms with Gasteiger partial charge < -0.3 is 39.0 Å². The number of unbranched alkanes of at least 4 members (excludes halogenated alkanes) is 3. The molecule has 0 radical (unpaired) electrons. The summed E-state index contributed by atoms with van der Waals surface area (Å²) in [5.74, 6) is -5.45. The van der Waals surface area contributed by atoms with Gasteiger partial charge in [-0.15, -0.1) is 0 Å². The predicted molar refractivity (Wildman–Crippen MR) is 158 cm³/mol. The number of carbonyl (C=O) groups excluding carboxylic acids is 2. The largest absolute Gasteiger partial charge is 0.458 e. The lowest BCUT2D eigenvalue weighted by Gasteiger charge is -2.61. The smallest absolute Gasteiger partial charge is 0.307 e. The SMILES string of the molecule is C=C(C)[C@@]12OC3(/C=C/C=C/CCCCC)O[C@@H]1[C@@H]1[C@@H]4O[C@]4(CO)[C@@H](O)[C@]4(O)C(=O)C(C)=C[C@H]4[C@@]1(O3)[C@H](C)[C@H]2OC(=O)CCC. The van der Waals surface area contributed by atoms with Gasteiger partial charge in [0, 0.05) is 30.3 Å². The van der Waals surface area contributed by atoms with Crippen molar-refractivity contribution in [1.29, 1.82) is 0 Å². The molecule has 0 spiro atoms. The number of hydrogen-bond acceptors (Lipinski definition) is 10. The van der Waals surface area contributed by atoms with Gasteiger partial charge in [-0.2, -0.15) is 0 Å². The molecule has 2 saturated carbocycles. The molecule has 6 aliphatic rings. The molecule has 3 bridgehead atoms. The number of aliphatic hydroxyl groups is 3. The summed E-state index contributed by atoms with van der Waals surface area (Å²) < 4.78 is 32.9. The summed E-state index contributed by atoms with van der Waals surface area (Å²) in [6.07, 6.45) is 9.52. The van der Waals surface area contributed by atoms with Crippen LogP contribution in [0.3, 0.4) is 0 Å². The summed E-state index contributed by atoms with van der Waals surface area (Å²) in [6.45, 7) is 12.9. The summed E-state index contributed by atoms with van der Waals surface area (Å²) in [5.41, 5.74) is -6.11. The molecule has 1 unspecified atom stereocenters. The molecule has 12 atom stereocenters. The second-order valence-electron chi connectivity index (χ2n) is 13.6. The van der Waals surface area contributed by atoms with Crippen molar-refractivity contribution in [2.75, 3.05) is 6.61 Å². The highest BCUT2D eigenvalue weighted by atomic mass is 16.9. The molecule has 44 heavy (non-hydrogen) atoms. The van der Waals surface area contributed by atoms with E-state index < -0.39 is 88.9 Å². The second kappa shape index (κ2) is 10.7. The molecule has 10 nitrogen and oxygen atoms in total. The summed E-state index contributed by atoms with van der Waals surface area (Å²) >= 11 is 0. The zero-order valence-electron chi connectivity index (χ0n) is 26.3. The first kappa shape index (κ1) is 31.8. The third-order valence-corrected chi connectivity index (χ3v) is 11.0. The van der Waals surface area contributed by atoms with Crippen LogP contribution in [0.25, 0.3) is 0 Å². The van der Waals surface area contributed by atoms with Crippen molar-refractivity contribution in [2.45, 2.75) is 126 Å². The molecule has 6 rings (SSSR count). The molecule has 0 amide bonds. The lowest BCUT2D eigenvalue weighted by atomic mass is 9.53. The standard InChI is InChI=1S/C34H46O10/c1-7-9-10-11-12-13-14-16-31-42-28-24-27-30(18-35,41-27)29(38)32(39)22(17-20(5)25(32)37)34(24,44-31)21(6)26(40-23(36)15-8-2)33(28,43-31)19(3)4/h12-14,16-17,21-22,24,26-29,35,38-39H,3,7-11,15,18H2,1-2,4-6H3/b13-12+,16-14+/t21-,22-,24+,26-,27+,28-,29-,30+,31?,32-,33+,34+/m1/s1. The first-order valence-electron chi connectivity index (χ1n) is 16.1. The average molecular weight is 615 g/mol. The third kappa shape index (κ3) is 3.91. The highest BCUT2D eigenvalue weighted by molar-refractivity contribution is 6.05. The van der Waals surface area contributed by atoms with Crippen LogP contribution in [-0.2, 0) is 33.3 Å². The molecular formula is C34H46O10. The van der Waals surface area contributed by atoms with E-state index in [1.807, 2.05) is 19.9 Å². The molecule has 3 heterocycles. The number of carbonyl (C=O) groups is 2. The van der Waals surface area contributed by atoms with Crippen LogP contribution in [0.2, 0.25) is 0 Å². The molecule has 5 fully saturated rings. The molecule has 242 valence electrons. The maximum atomic E-state index is 13.7. The number of fused-ring (bicyclic) bond motifs is 3. The molecule has 10 heteroatoms. The van der Waals surface area contributed by atoms with E-state index in [0.29, 0.717) is 12.0 Å². The normalized spacial score (nSPS) is 48.2. The lowest BCUT2D eigenvalue weighted by molar-refractivity contribution is -0.407. The van der Waals surface area contributed by atoms with Crippen molar-refractivity contribution in [3.63, 3.8) is 0 Å². The minimum atomic E-state index is -2.38.